The minimum absolute atomic E-state index is 0.354. The van der Waals surface area contributed by atoms with Gasteiger partial charge in [0, 0.05) is 36.9 Å². The van der Waals surface area contributed by atoms with Gasteiger partial charge in [-0.25, -0.2) is 0 Å². The van der Waals surface area contributed by atoms with E-state index in [1.807, 2.05) is 18.3 Å². The Morgan fingerprint density at radius 2 is 1.62 bits per heavy atom. The zero-order chi connectivity index (χ0) is 18.2. The van der Waals surface area contributed by atoms with Crippen molar-refractivity contribution < 1.29 is 4.79 Å². The highest BCUT2D eigenvalue weighted by Gasteiger charge is 2.32. The molecule has 1 aromatic rings. The van der Waals surface area contributed by atoms with Gasteiger partial charge in [0.05, 0.1) is 6.54 Å². The van der Waals surface area contributed by atoms with Crippen molar-refractivity contribution in [3.8, 4) is 0 Å². The van der Waals surface area contributed by atoms with E-state index in [1.165, 1.54) is 64.2 Å². The van der Waals surface area contributed by atoms with Crippen molar-refractivity contribution in [3.63, 3.8) is 0 Å². The van der Waals surface area contributed by atoms with E-state index in [4.69, 9.17) is 0 Å². The average molecular weight is 358 g/mol. The molecule has 0 spiro atoms. The Labute approximate surface area is 159 Å². The summed E-state index contributed by atoms with van der Waals surface area (Å²) in [6.07, 6.45) is 15.4. The van der Waals surface area contributed by atoms with Gasteiger partial charge in [0.1, 0.15) is 0 Å². The van der Waals surface area contributed by atoms with Crippen LogP contribution in [0.3, 0.4) is 0 Å². The van der Waals surface area contributed by atoms with Gasteiger partial charge in [-0.05, 0) is 44.9 Å². The summed E-state index contributed by atoms with van der Waals surface area (Å²) in [6.45, 7) is 1.42. The summed E-state index contributed by atoms with van der Waals surface area (Å²) in [5.41, 5.74) is 1.10. The van der Waals surface area contributed by atoms with E-state index >= 15 is 0 Å². The third-order valence-corrected chi connectivity index (χ3v) is 6.11. The zero-order valence-electron chi connectivity index (χ0n) is 16.4. The molecule has 0 aliphatic heterocycles. The Morgan fingerprint density at radius 1 is 1.00 bits per heavy atom. The van der Waals surface area contributed by atoms with Gasteiger partial charge in [-0.1, -0.05) is 44.6 Å². The summed E-state index contributed by atoms with van der Waals surface area (Å²) in [6, 6.07) is 7.02. The first-order valence-electron chi connectivity index (χ1n) is 10.6. The summed E-state index contributed by atoms with van der Waals surface area (Å²) < 4.78 is 0. The Morgan fingerprint density at radius 3 is 2.15 bits per heavy atom. The number of pyridine rings is 1. The number of nitrogens with zero attached hydrogens (tertiary/aromatic N) is 3. The fourth-order valence-corrected chi connectivity index (χ4v) is 4.67. The Bertz CT molecular complexity index is 518. The SMILES string of the molecule is CN(CCc1ccccn1)CC(=O)N(C1CCCCC1)C1CCCCC1. The zero-order valence-corrected chi connectivity index (χ0v) is 16.4. The van der Waals surface area contributed by atoms with Gasteiger partial charge in [-0.2, -0.15) is 0 Å². The molecule has 2 aliphatic rings. The summed E-state index contributed by atoms with van der Waals surface area (Å²) in [5.74, 6) is 0.354. The summed E-state index contributed by atoms with van der Waals surface area (Å²) in [7, 11) is 2.07. The molecule has 2 aliphatic carbocycles. The second-order valence-corrected chi connectivity index (χ2v) is 8.19. The molecule has 0 radical (unpaired) electrons. The van der Waals surface area contributed by atoms with Crippen LogP contribution in [0.25, 0.3) is 0 Å². The number of rotatable bonds is 7. The van der Waals surface area contributed by atoms with E-state index in [-0.39, 0.29) is 0 Å². The molecule has 0 aromatic carbocycles. The number of carbonyl (C=O) groups is 1. The first-order chi connectivity index (χ1) is 12.7. The van der Waals surface area contributed by atoms with E-state index in [1.54, 1.807) is 0 Å². The standard InChI is InChI=1S/C22H35N3O/c1-24(17-15-19-10-8-9-16-23-19)18-22(26)25(20-11-4-2-5-12-20)21-13-6-3-7-14-21/h8-10,16,20-21H,2-7,11-15,17-18H2,1H3. The smallest absolute Gasteiger partial charge is 0.237 e. The first-order valence-corrected chi connectivity index (χ1v) is 10.6. The quantitative estimate of drug-likeness (QED) is 0.739. The van der Waals surface area contributed by atoms with Gasteiger partial charge < -0.3 is 4.90 Å². The van der Waals surface area contributed by atoms with Crippen molar-refractivity contribution in [1.29, 1.82) is 0 Å². The molecule has 1 heterocycles. The Kier molecular flexibility index (Phi) is 7.48. The molecule has 0 saturated heterocycles. The van der Waals surface area contributed by atoms with Crippen molar-refractivity contribution in [3.05, 3.63) is 30.1 Å². The maximum absolute atomic E-state index is 13.2. The molecular formula is C22H35N3O. The molecule has 26 heavy (non-hydrogen) atoms. The van der Waals surface area contributed by atoms with E-state index in [0.717, 1.165) is 18.7 Å². The molecule has 0 unspecified atom stereocenters. The van der Waals surface area contributed by atoms with Crippen LogP contribution in [0, 0.1) is 0 Å². The van der Waals surface area contributed by atoms with Crippen molar-refractivity contribution in [2.24, 2.45) is 0 Å². The van der Waals surface area contributed by atoms with E-state index < -0.39 is 0 Å². The van der Waals surface area contributed by atoms with Gasteiger partial charge in [0.15, 0.2) is 0 Å². The molecule has 0 atom stereocenters. The van der Waals surface area contributed by atoms with Gasteiger partial charge in [0.2, 0.25) is 5.91 Å². The van der Waals surface area contributed by atoms with Crippen molar-refractivity contribution in [2.45, 2.75) is 82.7 Å². The minimum Gasteiger partial charge on any atom is -0.336 e. The predicted octanol–water partition coefficient (Wildman–Crippen LogP) is 4.05. The fraction of sp³-hybridized carbons (Fsp3) is 0.727. The van der Waals surface area contributed by atoms with Gasteiger partial charge >= 0.3 is 0 Å². The molecule has 2 saturated carbocycles. The molecule has 4 nitrogen and oxygen atoms in total. The van der Waals surface area contributed by atoms with Crippen molar-refractivity contribution in [1.82, 2.24) is 14.8 Å². The lowest BCUT2D eigenvalue weighted by Gasteiger charge is -2.42. The maximum atomic E-state index is 13.2. The van der Waals surface area contributed by atoms with Gasteiger partial charge in [-0.3, -0.25) is 14.7 Å². The van der Waals surface area contributed by atoms with Gasteiger partial charge in [-0.15, -0.1) is 0 Å². The molecule has 1 amide bonds. The van der Waals surface area contributed by atoms with E-state index in [2.05, 4.69) is 27.9 Å². The lowest BCUT2D eigenvalue weighted by atomic mass is 9.88. The highest BCUT2D eigenvalue weighted by Crippen LogP contribution is 2.30. The number of hydrogen-bond donors (Lipinski definition) is 0. The van der Waals surface area contributed by atoms with Crippen LogP contribution >= 0.6 is 0 Å². The van der Waals surface area contributed by atoms with Gasteiger partial charge in [0.25, 0.3) is 0 Å². The lowest BCUT2D eigenvalue weighted by Crippen LogP contribution is -2.51. The van der Waals surface area contributed by atoms with E-state index in [0.29, 0.717) is 24.5 Å². The molecule has 4 heteroatoms. The second-order valence-electron chi connectivity index (χ2n) is 8.19. The second kappa shape index (κ2) is 10.1. The molecule has 144 valence electrons. The Hall–Kier alpha value is -1.42. The highest BCUT2D eigenvalue weighted by molar-refractivity contribution is 5.79. The monoisotopic (exact) mass is 357 g/mol. The van der Waals surface area contributed by atoms with Crippen LogP contribution in [0.15, 0.2) is 24.4 Å². The van der Waals surface area contributed by atoms with Crippen LogP contribution < -0.4 is 0 Å². The highest BCUT2D eigenvalue weighted by atomic mass is 16.2. The van der Waals surface area contributed by atoms with Crippen LogP contribution in [0.1, 0.15) is 69.9 Å². The van der Waals surface area contributed by atoms with Crippen LogP contribution in [0.5, 0.6) is 0 Å². The Balaban J connectivity index is 1.56. The molecule has 3 rings (SSSR count). The third-order valence-electron chi connectivity index (χ3n) is 6.11. The first kappa shape index (κ1) is 19.3. The molecule has 2 fully saturated rings. The predicted molar refractivity (Wildman–Crippen MR) is 106 cm³/mol. The van der Waals surface area contributed by atoms with Crippen LogP contribution in [0.4, 0.5) is 0 Å². The number of hydrogen-bond acceptors (Lipinski definition) is 3. The number of aromatic nitrogens is 1. The number of likely N-dealkylation sites (N-methyl/N-ethyl adjacent to an activating group) is 1. The number of carbonyl (C=O) groups excluding carboxylic acids is 1. The summed E-state index contributed by atoms with van der Waals surface area (Å²) >= 11 is 0. The number of amides is 1. The lowest BCUT2D eigenvalue weighted by molar-refractivity contribution is -0.138. The van der Waals surface area contributed by atoms with Crippen LogP contribution in [-0.4, -0.2) is 52.9 Å². The molecular weight excluding hydrogens is 322 g/mol. The normalized spacial score (nSPS) is 19.6. The summed E-state index contributed by atoms with van der Waals surface area (Å²) in [4.78, 5) is 22.1. The fourth-order valence-electron chi connectivity index (χ4n) is 4.67. The van der Waals surface area contributed by atoms with Crippen LogP contribution in [0.2, 0.25) is 0 Å². The summed E-state index contributed by atoms with van der Waals surface area (Å²) in [5, 5.41) is 0. The minimum atomic E-state index is 0.354. The molecule has 0 N–H and O–H groups in total. The molecule has 1 aromatic heterocycles. The van der Waals surface area contributed by atoms with Crippen LogP contribution in [-0.2, 0) is 11.2 Å². The molecule has 0 bridgehead atoms. The topological polar surface area (TPSA) is 36.4 Å². The average Bonchev–Trinajstić information content (AvgIpc) is 2.69. The maximum Gasteiger partial charge on any atom is 0.237 e. The van der Waals surface area contributed by atoms with Crippen molar-refractivity contribution in [2.75, 3.05) is 20.1 Å². The third kappa shape index (κ3) is 5.54. The van der Waals surface area contributed by atoms with E-state index in [9.17, 15) is 4.79 Å². The van der Waals surface area contributed by atoms with Crippen molar-refractivity contribution >= 4 is 5.91 Å². The largest absolute Gasteiger partial charge is 0.336 e.